The SMILES string of the molecule is CCCCCCC(C)COC(=O)CCc1cc(-n2nc3ccccc3n2)c(O)c(C(C)(C)C)c1. The predicted molar refractivity (Wildman–Crippen MR) is 136 cm³/mol. The number of aromatic nitrogens is 3. The molecular weight excluding hydrogens is 426 g/mol. The molecule has 0 aliphatic rings. The number of benzene rings is 2. The average Bonchev–Trinajstić information content (AvgIpc) is 3.23. The van der Waals surface area contributed by atoms with E-state index in [-0.39, 0.29) is 17.1 Å². The number of hydrogen-bond donors (Lipinski definition) is 1. The molecule has 0 spiro atoms. The second-order valence-electron chi connectivity index (χ2n) is 10.4. The highest BCUT2D eigenvalue weighted by Crippen LogP contribution is 2.36. The first kappa shape index (κ1) is 25.7. The second-order valence-corrected chi connectivity index (χ2v) is 10.4. The molecule has 1 atom stereocenters. The minimum absolute atomic E-state index is 0.163. The predicted octanol–water partition coefficient (Wildman–Crippen LogP) is 6.51. The van der Waals surface area contributed by atoms with Gasteiger partial charge in [0.05, 0.1) is 6.61 Å². The lowest BCUT2D eigenvalue weighted by atomic mass is 9.84. The molecule has 1 aromatic heterocycles. The van der Waals surface area contributed by atoms with Crippen molar-refractivity contribution in [1.29, 1.82) is 0 Å². The minimum atomic E-state index is -0.283. The van der Waals surface area contributed by atoms with Crippen LogP contribution in [0.1, 0.15) is 84.3 Å². The van der Waals surface area contributed by atoms with Gasteiger partial charge in [-0.15, -0.1) is 15.0 Å². The minimum Gasteiger partial charge on any atom is -0.505 e. The third-order valence-corrected chi connectivity index (χ3v) is 6.16. The van der Waals surface area contributed by atoms with Crippen LogP contribution >= 0.6 is 0 Å². The van der Waals surface area contributed by atoms with Gasteiger partial charge in [-0.25, -0.2) is 0 Å². The first-order chi connectivity index (χ1) is 16.2. The number of aromatic hydroxyl groups is 1. The summed E-state index contributed by atoms with van der Waals surface area (Å²) in [5.41, 5.74) is 3.51. The lowest BCUT2D eigenvalue weighted by molar-refractivity contribution is -0.144. The van der Waals surface area contributed by atoms with Crippen molar-refractivity contribution in [2.45, 2.75) is 85.0 Å². The van der Waals surface area contributed by atoms with Gasteiger partial charge in [-0.05, 0) is 47.9 Å². The van der Waals surface area contributed by atoms with Crippen LogP contribution in [-0.4, -0.2) is 32.7 Å². The number of hydrogen-bond acceptors (Lipinski definition) is 5. The Morgan fingerprint density at radius 2 is 1.76 bits per heavy atom. The van der Waals surface area contributed by atoms with E-state index >= 15 is 0 Å². The van der Waals surface area contributed by atoms with Crippen LogP contribution in [-0.2, 0) is 21.4 Å². The molecule has 2 aromatic carbocycles. The number of aryl methyl sites for hydroxylation is 1. The summed E-state index contributed by atoms with van der Waals surface area (Å²) in [6.07, 6.45) is 6.85. The molecule has 3 rings (SSSR count). The lowest BCUT2D eigenvalue weighted by Gasteiger charge is -2.23. The van der Waals surface area contributed by atoms with Gasteiger partial charge in [0, 0.05) is 12.0 Å². The zero-order valence-corrected chi connectivity index (χ0v) is 21.3. The van der Waals surface area contributed by atoms with Gasteiger partial charge in [-0.2, -0.15) is 0 Å². The third-order valence-electron chi connectivity index (χ3n) is 6.16. The molecule has 6 heteroatoms. The van der Waals surface area contributed by atoms with Gasteiger partial charge in [-0.1, -0.05) is 78.5 Å². The standard InChI is InChI=1S/C28H39N3O3/c1-6-7-8-9-12-20(2)19-34-26(32)16-15-21-17-22(28(3,4)5)27(33)25(18-21)31-29-23-13-10-11-14-24(23)30-31/h10-11,13-14,17-18,20,33H,6-9,12,15-16,19H2,1-5H3. The number of carbonyl (C=O) groups excluding carboxylic acids is 1. The van der Waals surface area contributed by atoms with Gasteiger partial charge < -0.3 is 9.84 Å². The summed E-state index contributed by atoms with van der Waals surface area (Å²) in [6, 6.07) is 11.5. The van der Waals surface area contributed by atoms with Gasteiger partial charge in [-0.3, -0.25) is 4.79 Å². The van der Waals surface area contributed by atoms with E-state index in [1.807, 2.05) is 36.4 Å². The molecule has 1 heterocycles. The topological polar surface area (TPSA) is 77.2 Å². The van der Waals surface area contributed by atoms with Crippen molar-refractivity contribution in [1.82, 2.24) is 15.0 Å². The Kier molecular flexibility index (Phi) is 8.70. The fourth-order valence-electron chi connectivity index (χ4n) is 4.07. The van der Waals surface area contributed by atoms with Gasteiger partial charge >= 0.3 is 5.97 Å². The summed E-state index contributed by atoms with van der Waals surface area (Å²) in [7, 11) is 0. The molecule has 0 saturated heterocycles. The Balaban J connectivity index is 1.70. The fourth-order valence-corrected chi connectivity index (χ4v) is 4.07. The highest BCUT2D eigenvalue weighted by atomic mass is 16.5. The van der Waals surface area contributed by atoms with Crippen molar-refractivity contribution in [2.24, 2.45) is 5.92 Å². The number of nitrogens with zero attached hydrogens (tertiary/aromatic N) is 3. The molecule has 0 fully saturated rings. The summed E-state index contributed by atoms with van der Waals surface area (Å²) in [6.45, 7) is 11.0. The smallest absolute Gasteiger partial charge is 0.306 e. The molecule has 0 bridgehead atoms. The number of carbonyl (C=O) groups is 1. The Morgan fingerprint density at radius 1 is 1.09 bits per heavy atom. The normalized spacial score (nSPS) is 12.7. The number of esters is 1. The summed E-state index contributed by atoms with van der Waals surface area (Å²) in [4.78, 5) is 13.9. The maximum Gasteiger partial charge on any atom is 0.306 e. The summed E-state index contributed by atoms with van der Waals surface area (Å²) in [5, 5.41) is 20.1. The Morgan fingerprint density at radius 3 is 2.38 bits per heavy atom. The third kappa shape index (κ3) is 6.81. The molecule has 0 saturated carbocycles. The summed E-state index contributed by atoms with van der Waals surface area (Å²) < 4.78 is 5.54. The highest BCUT2D eigenvalue weighted by molar-refractivity contribution is 5.74. The van der Waals surface area contributed by atoms with Crippen LogP contribution in [0.5, 0.6) is 5.75 Å². The van der Waals surface area contributed by atoms with Crippen molar-refractivity contribution in [3.63, 3.8) is 0 Å². The molecule has 6 nitrogen and oxygen atoms in total. The number of rotatable bonds is 11. The molecule has 3 aromatic rings. The molecule has 0 aliphatic heterocycles. The summed E-state index contributed by atoms with van der Waals surface area (Å²) >= 11 is 0. The van der Waals surface area contributed by atoms with Crippen LogP contribution in [0.3, 0.4) is 0 Å². The van der Waals surface area contributed by atoms with Crippen molar-refractivity contribution in [3.8, 4) is 11.4 Å². The van der Waals surface area contributed by atoms with E-state index in [4.69, 9.17) is 4.74 Å². The van der Waals surface area contributed by atoms with E-state index in [1.165, 1.54) is 30.5 Å². The molecule has 34 heavy (non-hydrogen) atoms. The fraction of sp³-hybridized carbons (Fsp3) is 0.536. The van der Waals surface area contributed by atoms with Crippen LogP contribution < -0.4 is 0 Å². The first-order valence-electron chi connectivity index (χ1n) is 12.5. The highest BCUT2D eigenvalue weighted by Gasteiger charge is 2.23. The maximum atomic E-state index is 12.4. The van der Waals surface area contributed by atoms with Gasteiger partial charge in [0.1, 0.15) is 22.5 Å². The van der Waals surface area contributed by atoms with Gasteiger partial charge in [0.25, 0.3) is 0 Å². The van der Waals surface area contributed by atoms with Crippen LogP contribution in [0.4, 0.5) is 0 Å². The second kappa shape index (κ2) is 11.5. The molecule has 0 radical (unpaired) electrons. The number of ether oxygens (including phenoxy) is 1. The van der Waals surface area contributed by atoms with E-state index in [1.54, 1.807) is 0 Å². The van der Waals surface area contributed by atoms with Crippen LogP contribution in [0, 0.1) is 5.92 Å². The number of phenolic OH excluding ortho intramolecular Hbond substituents is 1. The summed E-state index contributed by atoms with van der Waals surface area (Å²) in [5.74, 6) is 0.361. The van der Waals surface area contributed by atoms with Crippen molar-refractivity contribution >= 4 is 17.0 Å². The number of fused-ring (bicyclic) bond motifs is 1. The number of unbranched alkanes of at least 4 members (excludes halogenated alkanes) is 3. The zero-order chi connectivity index (χ0) is 24.7. The Labute approximate surface area is 203 Å². The monoisotopic (exact) mass is 465 g/mol. The number of phenols is 1. The van der Waals surface area contributed by atoms with E-state index < -0.39 is 0 Å². The zero-order valence-electron chi connectivity index (χ0n) is 21.3. The Bertz CT molecular complexity index is 1060. The quantitative estimate of drug-likeness (QED) is 0.258. The van der Waals surface area contributed by atoms with Gasteiger partial charge in [0.2, 0.25) is 0 Å². The average molecular weight is 466 g/mol. The van der Waals surface area contributed by atoms with E-state index in [0.29, 0.717) is 31.1 Å². The Hall–Kier alpha value is -2.89. The van der Waals surface area contributed by atoms with Crippen molar-refractivity contribution < 1.29 is 14.6 Å². The molecule has 184 valence electrons. The lowest BCUT2D eigenvalue weighted by Crippen LogP contribution is -2.15. The molecule has 1 unspecified atom stereocenters. The molecule has 0 amide bonds. The van der Waals surface area contributed by atoms with E-state index in [0.717, 1.165) is 28.6 Å². The molecule has 1 N–H and O–H groups in total. The van der Waals surface area contributed by atoms with E-state index in [2.05, 4.69) is 44.8 Å². The first-order valence-corrected chi connectivity index (χ1v) is 12.5. The maximum absolute atomic E-state index is 12.4. The van der Waals surface area contributed by atoms with E-state index in [9.17, 15) is 9.90 Å². The van der Waals surface area contributed by atoms with Crippen molar-refractivity contribution in [2.75, 3.05) is 6.61 Å². The van der Waals surface area contributed by atoms with Crippen molar-refractivity contribution in [3.05, 3.63) is 47.5 Å². The molecular formula is C28H39N3O3. The van der Waals surface area contributed by atoms with Crippen LogP contribution in [0.15, 0.2) is 36.4 Å². The molecule has 0 aliphatic carbocycles. The van der Waals surface area contributed by atoms with Crippen LogP contribution in [0.25, 0.3) is 16.7 Å². The largest absolute Gasteiger partial charge is 0.505 e. The van der Waals surface area contributed by atoms with Crippen LogP contribution in [0.2, 0.25) is 0 Å². The van der Waals surface area contributed by atoms with Gasteiger partial charge in [0.15, 0.2) is 0 Å².